The number of hydrogen-bond acceptors (Lipinski definition) is 7. The third kappa shape index (κ3) is 7.63. The molecule has 1 aromatic carbocycles. The van der Waals surface area contributed by atoms with Crippen molar-refractivity contribution < 1.29 is 26.4 Å². The number of morpholine rings is 1. The Morgan fingerprint density at radius 2 is 1.77 bits per heavy atom. The Balaban J connectivity index is 1.57. The Morgan fingerprint density at radius 1 is 1.09 bits per heavy atom. The summed E-state index contributed by atoms with van der Waals surface area (Å²) in [6.45, 7) is 5.54. The van der Waals surface area contributed by atoms with Crippen LogP contribution in [0, 0.1) is 0 Å². The minimum absolute atomic E-state index is 0.0733. The summed E-state index contributed by atoms with van der Waals surface area (Å²) in [5, 5.41) is 2.82. The molecule has 35 heavy (non-hydrogen) atoms. The molecule has 1 N–H and O–H groups in total. The van der Waals surface area contributed by atoms with Gasteiger partial charge in [0.2, 0.25) is 26.0 Å². The van der Waals surface area contributed by atoms with E-state index < -0.39 is 26.0 Å². The molecule has 10 nitrogen and oxygen atoms in total. The zero-order valence-electron chi connectivity index (χ0n) is 20.7. The van der Waals surface area contributed by atoms with E-state index in [4.69, 9.17) is 4.74 Å². The van der Waals surface area contributed by atoms with Crippen LogP contribution in [-0.2, 0) is 29.6 Å². The number of likely N-dealkylation sites (tertiary alicyclic amines) is 1. The molecule has 2 saturated heterocycles. The first-order valence-corrected chi connectivity index (χ1v) is 15.6. The molecule has 0 spiro atoms. The lowest BCUT2D eigenvalue weighted by molar-refractivity contribution is -0.119. The van der Waals surface area contributed by atoms with Gasteiger partial charge in [-0.3, -0.25) is 9.10 Å². The van der Waals surface area contributed by atoms with Crippen molar-refractivity contribution in [1.82, 2.24) is 14.5 Å². The number of carbonyl (C=O) groups is 1. The first kappa shape index (κ1) is 27.9. The lowest BCUT2D eigenvalue weighted by Crippen LogP contribution is -2.42. The molecule has 0 aliphatic carbocycles. The highest BCUT2D eigenvalue weighted by atomic mass is 32.2. The van der Waals surface area contributed by atoms with E-state index in [2.05, 4.69) is 17.1 Å². The molecule has 1 amide bonds. The van der Waals surface area contributed by atoms with Crippen LogP contribution in [0.1, 0.15) is 39.0 Å². The van der Waals surface area contributed by atoms with Gasteiger partial charge in [0.25, 0.3) is 0 Å². The van der Waals surface area contributed by atoms with Crippen molar-refractivity contribution in [2.75, 3.05) is 63.0 Å². The summed E-state index contributed by atoms with van der Waals surface area (Å²) in [6.07, 6.45) is 6.65. The predicted octanol–water partition coefficient (Wildman–Crippen LogP) is 1.24. The fourth-order valence-electron chi connectivity index (χ4n) is 4.63. The Labute approximate surface area is 209 Å². The average Bonchev–Trinajstić information content (AvgIpc) is 2.85. The maximum atomic E-state index is 12.8. The van der Waals surface area contributed by atoms with Gasteiger partial charge in [-0.15, -0.1) is 0 Å². The first-order valence-electron chi connectivity index (χ1n) is 12.3. The molecule has 0 saturated carbocycles. The molecular formula is C23H38N4O6S2. The van der Waals surface area contributed by atoms with E-state index >= 15 is 0 Å². The number of nitrogens with zero attached hydrogens (tertiary/aromatic N) is 3. The highest BCUT2D eigenvalue weighted by molar-refractivity contribution is 7.92. The second-order valence-corrected chi connectivity index (χ2v) is 12.9. The van der Waals surface area contributed by atoms with Crippen molar-refractivity contribution in [1.29, 1.82) is 0 Å². The van der Waals surface area contributed by atoms with Crippen LogP contribution in [0.15, 0.2) is 29.2 Å². The summed E-state index contributed by atoms with van der Waals surface area (Å²) >= 11 is 0. The lowest BCUT2D eigenvalue weighted by Gasteiger charge is -2.35. The second-order valence-electron chi connectivity index (χ2n) is 9.08. The van der Waals surface area contributed by atoms with Crippen molar-refractivity contribution in [3.63, 3.8) is 0 Å². The van der Waals surface area contributed by atoms with Gasteiger partial charge >= 0.3 is 0 Å². The number of carbonyl (C=O) groups excluding carboxylic acids is 1. The fraction of sp³-hybridized carbons (Fsp3) is 0.696. The third-order valence-electron chi connectivity index (χ3n) is 6.58. The third-order valence-corrected chi connectivity index (χ3v) is 9.64. The SMILES string of the molecule is CCC1CCCCN1CCCNC(=O)CN(c1ccc(S(=O)(=O)N2CCOCC2)cc1)S(C)(=O)=O. The second kappa shape index (κ2) is 12.5. The van der Waals surface area contributed by atoms with E-state index in [1.54, 1.807) is 0 Å². The minimum atomic E-state index is -3.75. The summed E-state index contributed by atoms with van der Waals surface area (Å²) in [5.74, 6) is -0.397. The number of rotatable bonds is 11. The van der Waals surface area contributed by atoms with Crippen LogP contribution in [0.2, 0.25) is 0 Å². The smallest absolute Gasteiger partial charge is 0.243 e. The number of amides is 1. The number of hydrogen-bond donors (Lipinski definition) is 1. The zero-order valence-corrected chi connectivity index (χ0v) is 22.3. The van der Waals surface area contributed by atoms with E-state index in [0.29, 0.717) is 25.8 Å². The molecule has 2 aliphatic heterocycles. The summed E-state index contributed by atoms with van der Waals surface area (Å²) in [4.78, 5) is 15.1. The predicted molar refractivity (Wildman–Crippen MR) is 135 cm³/mol. The largest absolute Gasteiger partial charge is 0.379 e. The van der Waals surface area contributed by atoms with E-state index in [0.717, 1.165) is 36.5 Å². The Bertz CT molecular complexity index is 1040. The van der Waals surface area contributed by atoms with Crippen molar-refractivity contribution >= 4 is 31.6 Å². The van der Waals surface area contributed by atoms with E-state index in [-0.39, 0.29) is 30.2 Å². The van der Waals surface area contributed by atoms with Crippen molar-refractivity contribution in [3.05, 3.63) is 24.3 Å². The molecular weight excluding hydrogens is 492 g/mol. The van der Waals surface area contributed by atoms with Gasteiger partial charge < -0.3 is 15.0 Å². The number of anilines is 1. The Kier molecular flexibility index (Phi) is 9.94. The molecule has 2 fully saturated rings. The van der Waals surface area contributed by atoms with Crippen molar-refractivity contribution in [2.45, 2.75) is 50.0 Å². The van der Waals surface area contributed by atoms with Crippen LogP contribution in [0.4, 0.5) is 5.69 Å². The molecule has 0 bridgehead atoms. The molecule has 198 valence electrons. The Hall–Kier alpha value is -1.73. The van der Waals surface area contributed by atoms with Gasteiger partial charge in [-0.1, -0.05) is 13.3 Å². The monoisotopic (exact) mass is 530 g/mol. The number of sulfonamides is 2. The lowest BCUT2D eigenvalue weighted by atomic mass is 10.00. The van der Waals surface area contributed by atoms with Crippen molar-refractivity contribution in [3.8, 4) is 0 Å². The van der Waals surface area contributed by atoms with Crippen LogP contribution >= 0.6 is 0 Å². The topological polar surface area (TPSA) is 116 Å². The molecule has 1 unspecified atom stereocenters. The average molecular weight is 531 g/mol. The van der Waals surface area contributed by atoms with Crippen LogP contribution in [0.3, 0.4) is 0 Å². The highest BCUT2D eigenvalue weighted by Gasteiger charge is 2.27. The highest BCUT2D eigenvalue weighted by Crippen LogP contribution is 2.23. The minimum Gasteiger partial charge on any atom is -0.379 e. The first-order chi connectivity index (χ1) is 16.6. The molecule has 2 heterocycles. The van der Waals surface area contributed by atoms with Gasteiger partial charge in [-0.25, -0.2) is 16.8 Å². The fourth-order valence-corrected chi connectivity index (χ4v) is 6.90. The zero-order chi connectivity index (χ0) is 25.5. The molecule has 0 aromatic heterocycles. The van der Waals surface area contributed by atoms with Gasteiger partial charge in [0, 0.05) is 32.2 Å². The molecule has 1 aromatic rings. The van der Waals surface area contributed by atoms with E-state index in [9.17, 15) is 21.6 Å². The van der Waals surface area contributed by atoms with Gasteiger partial charge in [0.05, 0.1) is 30.1 Å². The summed E-state index contributed by atoms with van der Waals surface area (Å²) in [6, 6.07) is 6.19. The number of ether oxygens (including phenoxy) is 1. The van der Waals surface area contributed by atoms with Gasteiger partial charge in [-0.2, -0.15) is 4.31 Å². The van der Waals surface area contributed by atoms with Gasteiger partial charge in [-0.05, 0) is 56.5 Å². The van der Waals surface area contributed by atoms with Crippen LogP contribution in [-0.4, -0.2) is 96.7 Å². The van der Waals surface area contributed by atoms with E-state index in [1.807, 2.05) is 0 Å². The summed E-state index contributed by atoms with van der Waals surface area (Å²) in [7, 11) is -7.44. The standard InChI is InChI=1S/C23H38N4O6S2/c1-3-20-7-4-5-13-25(20)14-6-12-24-23(28)19-27(34(2,29)30)21-8-10-22(11-9-21)35(31,32)26-15-17-33-18-16-26/h8-11,20H,3-7,12-19H2,1-2H3,(H,24,28). The molecule has 3 rings (SSSR count). The van der Waals surface area contributed by atoms with Gasteiger partial charge in [0.1, 0.15) is 6.54 Å². The summed E-state index contributed by atoms with van der Waals surface area (Å²) in [5.41, 5.74) is 0.239. The number of benzene rings is 1. The van der Waals surface area contributed by atoms with E-state index in [1.165, 1.54) is 47.8 Å². The molecule has 0 radical (unpaired) electrons. The number of piperidine rings is 1. The Morgan fingerprint density at radius 3 is 2.40 bits per heavy atom. The molecule has 1 atom stereocenters. The van der Waals surface area contributed by atoms with Crippen LogP contribution in [0.5, 0.6) is 0 Å². The van der Waals surface area contributed by atoms with Crippen LogP contribution < -0.4 is 9.62 Å². The van der Waals surface area contributed by atoms with Crippen LogP contribution in [0.25, 0.3) is 0 Å². The quantitative estimate of drug-likeness (QED) is 0.428. The van der Waals surface area contributed by atoms with Gasteiger partial charge in [0.15, 0.2) is 0 Å². The maximum Gasteiger partial charge on any atom is 0.243 e. The normalized spacial score (nSPS) is 20.5. The van der Waals surface area contributed by atoms with Crippen molar-refractivity contribution in [2.24, 2.45) is 0 Å². The number of nitrogens with one attached hydrogen (secondary N) is 1. The maximum absolute atomic E-state index is 12.8. The summed E-state index contributed by atoms with van der Waals surface area (Å²) < 4.78 is 58.0. The molecule has 2 aliphatic rings. The molecule has 12 heteroatoms.